The number of aryl methyl sites for hydroxylation is 1. The largest absolute Gasteiger partial charge is 0.389 e. The van der Waals surface area contributed by atoms with Crippen LogP contribution in [-0.4, -0.2) is 30.8 Å². The number of carbonyl (C=O) groups excluding carboxylic acids is 1. The Bertz CT molecular complexity index is 617. The first-order valence-corrected chi connectivity index (χ1v) is 6.10. The van der Waals surface area contributed by atoms with Gasteiger partial charge in [0, 0.05) is 11.8 Å². The quantitative estimate of drug-likeness (QED) is 0.606. The summed E-state index contributed by atoms with van der Waals surface area (Å²) in [5.74, 6) is -0.208. The summed E-state index contributed by atoms with van der Waals surface area (Å²) < 4.78 is 1.20. The SMILES string of the molecule is CCCc1cc(NC(=O)Cn2ccc([N+](=O)[O-])n2)n[nH]1. The lowest BCUT2D eigenvalue weighted by Crippen LogP contribution is -2.19. The molecule has 2 aromatic rings. The molecule has 9 nitrogen and oxygen atoms in total. The fourth-order valence-corrected chi connectivity index (χ4v) is 1.69. The average Bonchev–Trinajstić information content (AvgIpc) is 2.99. The zero-order valence-corrected chi connectivity index (χ0v) is 10.9. The molecule has 0 fully saturated rings. The number of amides is 1. The Kier molecular flexibility index (Phi) is 4.08. The molecule has 106 valence electrons. The molecule has 0 spiro atoms. The normalized spacial score (nSPS) is 10.4. The smallest absolute Gasteiger partial charge is 0.358 e. The van der Waals surface area contributed by atoms with Gasteiger partial charge >= 0.3 is 5.82 Å². The molecule has 0 aliphatic carbocycles. The van der Waals surface area contributed by atoms with Crippen LogP contribution < -0.4 is 5.32 Å². The third-order valence-electron chi connectivity index (χ3n) is 2.54. The second kappa shape index (κ2) is 5.95. The molecular weight excluding hydrogens is 264 g/mol. The van der Waals surface area contributed by atoms with Gasteiger partial charge in [0.05, 0.1) is 17.4 Å². The van der Waals surface area contributed by atoms with E-state index in [0.29, 0.717) is 5.82 Å². The second-order valence-electron chi connectivity index (χ2n) is 4.21. The van der Waals surface area contributed by atoms with E-state index in [2.05, 4.69) is 20.6 Å². The highest BCUT2D eigenvalue weighted by atomic mass is 16.6. The number of hydrogen-bond donors (Lipinski definition) is 2. The van der Waals surface area contributed by atoms with E-state index >= 15 is 0 Å². The van der Waals surface area contributed by atoms with Crippen LogP contribution in [0.5, 0.6) is 0 Å². The predicted molar refractivity (Wildman–Crippen MR) is 70.1 cm³/mol. The van der Waals surface area contributed by atoms with Gasteiger partial charge in [-0.25, -0.2) is 0 Å². The first kappa shape index (κ1) is 13.7. The van der Waals surface area contributed by atoms with Crippen LogP contribution in [0.15, 0.2) is 18.3 Å². The molecule has 2 N–H and O–H groups in total. The summed E-state index contributed by atoms with van der Waals surface area (Å²) in [7, 11) is 0. The van der Waals surface area contributed by atoms with E-state index < -0.39 is 4.92 Å². The number of nitrogens with one attached hydrogen (secondary N) is 2. The van der Waals surface area contributed by atoms with Gasteiger partial charge in [0.2, 0.25) is 5.91 Å². The highest BCUT2D eigenvalue weighted by molar-refractivity contribution is 5.89. The number of aromatic nitrogens is 4. The van der Waals surface area contributed by atoms with E-state index in [4.69, 9.17) is 0 Å². The number of anilines is 1. The van der Waals surface area contributed by atoms with Gasteiger partial charge in [-0.3, -0.25) is 9.89 Å². The van der Waals surface area contributed by atoms with Crippen LogP contribution >= 0.6 is 0 Å². The molecule has 0 unspecified atom stereocenters. The van der Waals surface area contributed by atoms with Gasteiger partial charge in [0.15, 0.2) is 5.82 Å². The minimum Gasteiger partial charge on any atom is -0.358 e. The molecule has 0 aromatic carbocycles. The van der Waals surface area contributed by atoms with Gasteiger partial charge in [-0.15, -0.1) is 0 Å². The minimum absolute atomic E-state index is 0.107. The van der Waals surface area contributed by atoms with Gasteiger partial charge < -0.3 is 15.4 Å². The Morgan fingerprint density at radius 2 is 2.40 bits per heavy atom. The molecule has 0 aliphatic heterocycles. The van der Waals surface area contributed by atoms with E-state index in [9.17, 15) is 14.9 Å². The van der Waals surface area contributed by atoms with Crippen molar-refractivity contribution in [2.75, 3.05) is 5.32 Å². The van der Waals surface area contributed by atoms with Crippen molar-refractivity contribution in [1.82, 2.24) is 20.0 Å². The van der Waals surface area contributed by atoms with Crippen molar-refractivity contribution in [3.05, 3.63) is 34.1 Å². The number of nitro groups is 1. The Morgan fingerprint density at radius 3 is 3.05 bits per heavy atom. The highest BCUT2D eigenvalue weighted by Gasteiger charge is 2.14. The molecule has 2 rings (SSSR count). The third kappa shape index (κ3) is 3.40. The Hall–Kier alpha value is -2.71. The lowest BCUT2D eigenvalue weighted by molar-refractivity contribution is -0.389. The third-order valence-corrected chi connectivity index (χ3v) is 2.54. The number of aromatic amines is 1. The van der Waals surface area contributed by atoms with Crippen LogP contribution in [0.1, 0.15) is 19.0 Å². The second-order valence-corrected chi connectivity index (χ2v) is 4.21. The Morgan fingerprint density at radius 1 is 1.60 bits per heavy atom. The van der Waals surface area contributed by atoms with E-state index in [1.165, 1.54) is 16.9 Å². The minimum atomic E-state index is -0.612. The summed E-state index contributed by atoms with van der Waals surface area (Å²) in [4.78, 5) is 21.6. The standard InChI is InChI=1S/C11H14N6O3/c1-2-3-8-6-9(14-13-8)12-11(18)7-16-5-4-10(15-16)17(19)20/h4-6H,2-3,7H2,1H3,(H2,12,13,14,18). The summed E-state index contributed by atoms with van der Waals surface area (Å²) in [6.45, 7) is 1.94. The Balaban J connectivity index is 1.92. The van der Waals surface area contributed by atoms with Gasteiger partial charge in [0.1, 0.15) is 6.54 Å². The van der Waals surface area contributed by atoms with Crippen molar-refractivity contribution in [2.45, 2.75) is 26.3 Å². The van der Waals surface area contributed by atoms with Crippen molar-refractivity contribution >= 4 is 17.5 Å². The molecule has 9 heteroatoms. The first-order valence-electron chi connectivity index (χ1n) is 6.10. The summed E-state index contributed by atoms with van der Waals surface area (Å²) >= 11 is 0. The molecule has 0 bridgehead atoms. The number of rotatable bonds is 6. The highest BCUT2D eigenvalue weighted by Crippen LogP contribution is 2.08. The van der Waals surface area contributed by atoms with Crippen molar-refractivity contribution in [3.8, 4) is 0 Å². The molecule has 0 aliphatic rings. The molecule has 1 amide bonds. The lowest BCUT2D eigenvalue weighted by atomic mass is 10.2. The number of nitrogens with zero attached hydrogens (tertiary/aromatic N) is 4. The summed E-state index contributed by atoms with van der Waals surface area (Å²) in [5.41, 5.74) is 0.942. The summed E-state index contributed by atoms with van der Waals surface area (Å²) in [6, 6.07) is 2.99. The maximum atomic E-state index is 11.7. The lowest BCUT2D eigenvalue weighted by Gasteiger charge is -1.98. The predicted octanol–water partition coefficient (Wildman–Crippen LogP) is 1.11. The van der Waals surface area contributed by atoms with E-state index in [0.717, 1.165) is 18.5 Å². The van der Waals surface area contributed by atoms with Crippen molar-refractivity contribution in [3.63, 3.8) is 0 Å². The molecule has 0 atom stereocenters. The number of hydrogen-bond acceptors (Lipinski definition) is 5. The van der Waals surface area contributed by atoms with Crippen LogP contribution in [0.3, 0.4) is 0 Å². The van der Waals surface area contributed by atoms with Crippen LogP contribution in [0, 0.1) is 10.1 Å². The maximum absolute atomic E-state index is 11.7. The molecule has 0 saturated carbocycles. The maximum Gasteiger partial charge on any atom is 0.389 e. The molecule has 0 saturated heterocycles. The average molecular weight is 278 g/mol. The summed E-state index contributed by atoms with van der Waals surface area (Å²) in [6.07, 6.45) is 3.21. The van der Waals surface area contributed by atoms with E-state index in [1.54, 1.807) is 6.07 Å². The van der Waals surface area contributed by atoms with Gasteiger partial charge in [-0.2, -0.15) is 9.78 Å². The first-order chi connectivity index (χ1) is 9.58. The van der Waals surface area contributed by atoms with E-state index in [1.807, 2.05) is 6.92 Å². The molecule has 20 heavy (non-hydrogen) atoms. The molecule has 0 radical (unpaired) electrons. The zero-order valence-electron chi connectivity index (χ0n) is 10.9. The van der Waals surface area contributed by atoms with Crippen molar-refractivity contribution in [1.29, 1.82) is 0 Å². The number of H-pyrrole nitrogens is 1. The monoisotopic (exact) mass is 278 g/mol. The number of carbonyl (C=O) groups is 1. The molecule has 2 heterocycles. The van der Waals surface area contributed by atoms with Gasteiger partial charge in [-0.1, -0.05) is 13.3 Å². The topological polar surface area (TPSA) is 119 Å². The zero-order chi connectivity index (χ0) is 14.5. The van der Waals surface area contributed by atoms with Crippen molar-refractivity contribution < 1.29 is 9.72 Å². The Labute approximate surface area is 114 Å². The van der Waals surface area contributed by atoms with Crippen LogP contribution in [0.25, 0.3) is 0 Å². The fraction of sp³-hybridized carbons (Fsp3) is 0.364. The van der Waals surface area contributed by atoms with Gasteiger partial charge in [0.25, 0.3) is 0 Å². The van der Waals surface area contributed by atoms with Gasteiger partial charge in [-0.05, 0) is 11.3 Å². The summed E-state index contributed by atoms with van der Waals surface area (Å²) in [5, 5.41) is 23.5. The van der Waals surface area contributed by atoms with Crippen LogP contribution in [0.4, 0.5) is 11.6 Å². The molecule has 2 aromatic heterocycles. The van der Waals surface area contributed by atoms with Crippen molar-refractivity contribution in [2.24, 2.45) is 0 Å². The van der Waals surface area contributed by atoms with E-state index in [-0.39, 0.29) is 18.3 Å². The van der Waals surface area contributed by atoms with Crippen LogP contribution in [-0.2, 0) is 17.8 Å². The van der Waals surface area contributed by atoms with Crippen LogP contribution in [0.2, 0.25) is 0 Å². The fourth-order valence-electron chi connectivity index (χ4n) is 1.69. The molecular formula is C11H14N6O3.